The van der Waals surface area contributed by atoms with Crippen molar-refractivity contribution in [3.8, 4) is 0 Å². The lowest BCUT2D eigenvalue weighted by atomic mass is 10.1. The van der Waals surface area contributed by atoms with Gasteiger partial charge in [0.25, 0.3) is 0 Å². The number of benzene rings is 1. The third-order valence-electron chi connectivity index (χ3n) is 2.79. The average molecular weight is 319 g/mol. The first-order chi connectivity index (χ1) is 9.43. The van der Waals surface area contributed by atoms with Crippen molar-refractivity contribution in [3.05, 3.63) is 34.9 Å². The molecule has 0 aliphatic heterocycles. The van der Waals surface area contributed by atoms with Crippen LogP contribution in [-0.2, 0) is 21.2 Å². The van der Waals surface area contributed by atoms with E-state index in [4.69, 9.17) is 11.6 Å². The molecule has 7 heteroatoms. The van der Waals surface area contributed by atoms with Crippen LogP contribution >= 0.6 is 11.6 Å². The summed E-state index contributed by atoms with van der Waals surface area (Å²) >= 11 is 5.78. The van der Waals surface area contributed by atoms with Gasteiger partial charge in [-0.3, -0.25) is 4.79 Å². The molecule has 0 aliphatic carbocycles. The number of nitrogens with one attached hydrogen (secondary N) is 2. The molecule has 0 unspecified atom stereocenters. The number of carbonyl (C=O) groups is 1. The molecule has 2 N–H and O–H groups in total. The topological polar surface area (TPSA) is 75.3 Å². The summed E-state index contributed by atoms with van der Waals surface area (Å²) in [5, 5.41) is 3.28. The van der Waals surface area contributed by atoms with Crippen LogP contribution in [0.25, 0.3) is 0 Å². The van der Waals surface area contributed by atoms with Crippen molar-refractivity contribution in [2.75, 3.05) is 19.3 Å². The average Bonchev–Trinajstić information content (AvgIpc) is 2.41. The molecule has 0 spiro atoms. The summed E-state index contributed by atoms with van der Waals surface area (Å²) in [5.74, 6) is -0.239. The van der Waals surface area contributed by atoms with Gasteiger partial charge in [-0.2, -0.15) is 0 Å². The molecule has 0 atom stereocenters. The minimum Gasteiger partial charge on any atom is -0.355 e. The molecule has 1 aromatic rings. The number of sulfonamides is 1. The largest absolute Gasteiger partial charge is 0.355 e. The smallest absolute Gasteiger partial charge is 0.220 e. The summed E-state index contributed by atoms with van der Waals surface area (Å²) in [5.41, 5.74) is 1.12. The molecule has 20 heavy (non-hydrogen) atoms. The van der Waals surface area contributed by atoms with E-state index in [-0.39, 0.29) is 18.2 Å². The van der Waals surface area contributed by atoms with Crippen LogP contribution in [0.2, 0.25) is 5.02 Å². The maximum Gasteiger partial charge on any atom is 0.220 e. The van der Waals surface area contributed by atoms with Gasteiger partial charge in [0, 0.05) is 18.0 Å². The number of hydrogen-bond donors (Lipinski definition) is 2. The van der Waals surface area contributed by atoms with Gasteiger partial charge in [-0.25, -0.2) is 13.1 Å². The first kappa shape index (κ1) is 16.9. The van der Waals surface area contributed by atoms with E-state index in [1.165, 1.54) is 7.05 Å². The van der Waals surface area contributed by atoms with Crippen molar-refractivity contribution in [2.45, 2.75) is 19.3 Å². The molecule has 0 aliphatic rings. The van der Waals surface area contributed by atoms with E-state index in [2.05, 4.69) is 10.0 Å². The molecule has 1 aromatic carbocycles. The minimum atomic E-state index is -3.26. The molecule has 0 saturated heterocycles. The summed E-state index contributed by atoms with van der Waals surface area (Å²) in [6, 6.07) is 7.50. The Morgan fingerprint density at radius 2 is 1.90 bits per heavy atom. The number of hydrogen-bond acceptors (Lipinski definition) is 3. The fraction of sp³-hybridized carbons (Fsp3) is 0.462. The molecule has 0 saturated carbocycles. The molecule has 1 amide bonds. The van der Waals surface area contributed by atoms with Crippen LogP contribution in [0, 0.1) is 0 Å². The first-order valence-electron chi connectivity index (χ1n) is 6.35. The Morgan fingerprint density at radius 1 is 1.25 bits per heavy atom. The van der Waals surface area contributed by atoms with E-state index in [1.54, 1.807) is 0 Å². The zero-order valence-corrected chi connectivity index (χ0v) is 12.9. The Hall–Kier alpha value is -1.11. The fourth-order valence-electron chi connectivity index (χ4n) is 1.62. The highest BCUT2D eigenvalue weighted by atomic mass is 35.5. The van der Waals surface area contributed by atoms with Crippen molar-refractivity contribution in [2.24, 2.45) is 0 Å². The fourth-order valence-corrected chi connectivity index (χ4v) is 2.32. The summed E-state index contributed by atoms with van der Waals surface area (Å²) in [6.07, 6.45) is 1.88. The van der Waals surface area contributed by atoms with Gasteiger partial charge in [0.05, 0.1) is 5.75 Å². The van der Waals surface area contributed by atoms with Crippen molar-refractivity contribution in [1.82, 2.24) is 10.0 Å². The van der Waals surface area contributed by atoms with Gasteiger partial charge in [-0.15, -0.1) is 0 Å². The van der Waals surface area contributed by atoms with Crippen molar-refractivity contribution in [1.29, 1.82) is 0 Å². The number of amides is 1. The van der Waals surface area contributed by atoms with Crippen LogP contribution in [0.5, 0.6) is 0 Å². The van der Waals surface area contributed by atoms with Crippen molar-refractivity contribution < 1.29 is 13.2 Å². The zero-order valence-electron chi connectivity index (χ0n) is 11.4. The van der Waals surface area contributed by atoms with Crippen molar-refractivity contribution in [3.63, 3.8) is 0 Å². The standard InChI is InChI=1S/C13H19ClN2O3S/c1-15-20(18,19)10-9-16-13(17)4-2-3-11-5-7-12(14)8-6-11/h5-8,15H,2-4,9-10H2,1H3,(H,16,17). The Morgan fingerprint density at radius 3 is 2.50 bits per heavy atom. The Balaban J connectivity index is 2.19. The molecular weight excluding hydrogens is 300 g/mol. The molecule has 0 aromatic heterocycles. The van der Waals surface area contributed by atoms with Crippen molar-refractivity contribution >= 4 is 27.5 Å². The van der Waals surface area contributed by atoms with E-state index in [9.17, 15) is 13.2 Å². The maximum atomic E-state index is 11.5. The number of rotatable bonds is 8. The second-order valence-electron chi connectivity index (χ2n) is 4.35. The van der Waals surface area contributed by atoms with Crippen LogP contribution < -0.4 is 10.0 Å². The number of halogens is 1. The monoisotopic (exact) mass is 318 g/mol. The van der Waals surface area contributed by atoms with Gasteiger partial charge in [0.15, 0.2) is 0 Å². The third-order valence-corrected chi connectivity index (χ3v) is 4.40. The molecule has 0 heterocycles. The molecule has 112 valence electrons. The number of aryl methyl sites for hydroxylation is 1. The van der Waals surface area contributed by atoms with Crippen LogP contribution in [0.4, 0.5) is 0 Å². The van der Waals surface area contributed by atoms with Gasteiger partial charge >= 0.3 is 0 Å². The molecule has 0 bridgehead atoms. The van der Waals surface area contributed by atoms with Crippen LogP contribution in [0.1, 0.15) is 18.4 Å². The van der Waals surface area contributed by atoms with Gasteiger partial charge in [-0.05, 0) is 37.6 Å². The van der Waals surface area contributed by atoms with E-state index in [1.807, 2.05) is 24.3 Å². The highest BCUT2D eigenvalue weighted by molar-refractivity contribution is 7.89. The zero-order chi connectivity index (χ0) is 15.0. The second-order valence-corrected chi connectivity index (χ2v) is 6.84. The molecule has 0 radical (unpaired) electrons. The minimum absolute atomic E-state index is 0.105. The Bertz CT molecular complexity index is 529. The van der Waals surface area contributed by atoms with Gasteiger partial charge in [0.1, 0.15) is 0 Å². The summed E-state index contributed by atoms with van der Waals surface area (Å²) < 4.78 is 24.5. The lowest BCUT2D eigenvalue weighted by Crippen LogP contribution is -2.32. The third kappa shape index (κ3) is 6.88. The van der Waals surface area contributed by atoms with Crippen LogP contribution in [0.3, 0.4) is 0 Å². The van der Waals surface area contributed by atoms with Gasteiger partial charge in [-0.1, -0.05) is 23.7 Å². The van der Waals surface area contributed by atoms with E-state index >= 15 is 0 Å². The highest BCUT2D eigenvalue weighted by Gasteiger charge is 2.07. The molecule has 1 rings (SSSR count). The summed E-state index contributed by atoms with van der Waals surface area (Å²) in [4.78, 5) is 11.5. The summed E-state index contributed by atoms with van der Waals surface area (Å²) in [7, 11) is -1.91. The Kier molecular flexibility index (Phi) is 6.98. The lowest BCUT2D eigenvalue weighted by molar-refractivity contribution is -0.121. The predicted molar refractivity (Wildman–Crippen MR) is 80.2 cm³/mol. The van der Waals surface area contributed by atoms with Gasteiger partial charge in [0.2, 0.25) is 15.9 Å². The maximum absolute atomic E-state index is 11.5. The second kappa shape index (κ2) is 8.24. The van der Waals surface area contributed by atoms with E-state index in [0.717, 1.165) is 12.0 Å². The summed E-state index contributed by atoms with van der Waals surface area (Å²) in [6.45, 7) is 0.128. The lowest BCUT2D eigenvalue weighted by Gasteiger charge is -2.06. The van der Waals surface area contributed by atoms with Gasteiger partial charge < -0.3 is 5.32 Å². The predicted octanol–water partition coefficient (Wildman–Crippen LogP) is 1.33. The molecular formula is C13H19ClN2O3S. The highest BCUT2D eigenvalue weighted by Crippen LogP contribution is 2.11. The molecule has 0 fully saturated rings. The van der Waals surface area contributed by atoms with E-state index in [0.29, 0.717) is 17.9 Å². The Labute approximate surface area is 124 Å². The SMILES string of the molecule is CNS(=O)(=O)CCNC(=O)CCCc1ccc(Cl)cc1. The quantitative estimate of drug-likeness (QED) is 0.759. The molecule has 5 nitrogen and oxygen atoms in total. The first-order valence-corrected chi connectivity index (χ1v) is 8.38. The van der Waals surface area contributed by atoms with E-state index < -0.39 is 10.0 Å². The normalized spacial score (nSPS) is 11.3. The van der Waals surface area contributed by atoms with Crippen LogP contribution in [0.15, 0.2) is 24.3 Å². The van der Waals surface area contributed by atoms with Crippen LogP contribution in [-0.4, -0.2) is 33.7 Å². The number of carbonyl (C=O) groups excluding carboxylic acids is 1.